The Hall–Kier alpha value is -7.03. The Morgan fingerprint density at radius 3 is 2.43 bits per heavy atom. The number of likely N-dealkylation sites (tertiary alicyclic amines) is 1. The van der Waals surface area contributed by atoms with Crippen LogP contribution in [-0.4, -0.2) is 85.9 Å². The lowest BCUT2D eigenvalue weighted by Gasteiger charge is -2.32. The highest BCUT2D eigenvalue weighted by Gasteiger charge is 2.44. The number of amides is 4. The van der Waals surface area contributed by atoms with Crippen LogP contribution in [0.15, 0.2) is 79.0 Å². The lowest BCUT2D eigenvalue weighted by atomic mass is 9.92. The summed E-state index contributed by atoms with van der Waals surface area (Å²) in [5, 5.41) is 7.38. The topological polar surface area (TPSA) is 184 Å². The average Bonchev–Trinajstić information content (AvgIpc) is 4.12. The fourth-order valence-corrected chi connectivity index (χ4v) is 9.40. The maximum atomic E-state index is 14.2. The Bertz CT molecular complexity index is 2800. The highest BCUT2D eigenvalue weighted by Crippen LogP contribution is 2.44. The van der Waals surface area contributed by atoms with Crippen molar-refractivity contribution in [2.24, 2.45) is 11.8 Å². The zero-order valence-corrected chi connectivity index (χ0v) is 36.1. The number of carbonyl (C=O) groups excluding carboxylic acids is 4. The number of aromatic amines is 2. The molecule has 5 heterocycles. The van der Waals surface area contributed by atoms with E-state index in [0.29, 0.717) is 30.2 Å². The smallest absolute Gasteiger partial charge is 0.414 e. The second kappa shape index (κ2) is 16.7. The molecule has 1 saturated heterocycles. The van der Waals surface area contributed by atoms with Crippen LogP contribution in [0.4, 0.5) is 9.59 Å². The minimum Gasteiger partial charge on any atom is -0.488 e. The van der Waals surface area contributed by atoms with Gasteiger partial charge < -0.3 is 39.7 Å². The molecule has 1 fully saturated rings. The Morgan fingerprint density at radius 1 is 0.889 bits per heavy atom. The van der Waals surface area contributed by atoms with Gasteiger partial charge in [0, 0.05) is 29.3 Å². The predicted octanol–water partition coefficient (Wildman–Crippen LogP) is 7.89. The van der Waals surface area contributed by atoms with Gasteiger partial charge in [-0.3, -0.25) is 4.79 Å². The van der Waals surface area contributed by atoms with E-state index in [0.717, 1.165) is 68.3 Å². The van der Waals surface area contributed by atoms with E-state index >= 15 is 0 Å². The van der Waals surface area contributed by atoms with E-state index in [1.165, 1.54) is 14.2 Å². The molecule has 6 aromatic rings. The number of ether oxygens (including phenoxy) is 3. The van der Waals surface area contributed by atoms with Crippen molar-refractivity contribution in [2.45, 2.75) is 83.8 Å². The van der Waals surface area contributed by atoms with Crippen LogP contribution in [0.2, 0.25) is 0 Å². The van der Waals surface area contributed by atoms with Crippen molar-refractivity contribution < 1.29 is 38.0 Å². The van der Waals surface area contributed by atoms with Crippen LogP contribution in [0.1, 0.15) is 87.9 Å². The summed E-state index contributed by atoms with van der Waals surface area (Å²) >= 11 is 0. The van der Waals surface area contributed by atoms with E-state index in [4.69, 9.17) is 24.2 Å². The third-order valence-corrected chi connectivity index (χ3v) is 12.6. The number of benzene rings is 4. The zero-order valence-electron chi connectivity index (χ0n) is 36.1. The molecule has 15 heteroatoms. The van der Waals surface area contributed by atoms with Gasteiger partial charge in [0.2, 0.25) is 11.9 Å². The summed E-state index contributed by atoms with van der Waals surface area (Å²) in [6, 6.07) is 21.4. The number of nitrogens with zero attached hydrogens (tertiary/aromatic N) is 4. The molecule has 6 atom stereocenters. The SMILES string of the molecule is COC(=O)N[C@H](C(=O)N1[C@@H](C)CC[C@H]1c1ncc(-c2ccc3c(c2)COc2cc4c(ccc5[nH]c([C@@H]6C[C@H](C)C=[N+]6C(=O)[C@H](NC(=O)OC)c6ccccc6)nc54)cc2-3)[nH]1)C(C)C. The second-order valence-electron chi connectivity index (χ2n) is 17.1. The van der Waals surface area contributed by atoms with Gasteiger partial charge in [-0.05, 0) is 77.6 Å². The first-order valence-electron chi connectivity index (χ1n) is 21.4. The summed E-state index contributed by atoms with van der Waals surface area (Å²) in [5.41, 5.74) is 7.13. The number of hydrogen-bond acceptors (Lipinski definition) is 9. The summed E-state index contributed by atoms with van der Waals surface area (Å²) in [4.78, 5) is 71.4. The van der Waals surface area contributed by atoms with Crippen LogP contribution in [0.25, 0.3) is 44.2 Å². The van der Waals surface area contributed by atoms with Crippen LogP contribution in [0.5, 0.6) is 5.75 Å². The largest absolute Gasteiger partial charge is 0.488 e. The van der Waals surface area contributed by atoms with Gasteiger partial charge in [-0.1, -0.05) is 69.3 Å². The number of rotatable bonds is 9. The number of H-pyrrole nitrogens is 2. The fraction of sp³-hybridized carbons (Fsp3) is 0.354. The molecule has 0 spiro atoms. The van der Waals surface area contributed by atoms with Crippen LogP contribution in [0, 0.1) is 11.8 Å². The molecule has 0 radical (unpaired) electrons. The Balaban J connectivity index is 0.974. The van der Waals surface area contributed by atoms with E-state index < -0.39 is 24.3 Å². The van der Waals surface area contributed by atoms with Crippen LogP contribution >= 0.6 is 0 Å². The Labute approximate surface area is 364 Å². The van der Waals surface area contributed by atoms with Gasteiger partial charge in [-0.25, -0.2) is 24.4 Å². The first-order chi connectivity index (χ1) is 30.4. The van der Waals surface area contributed by atoms with Crippen LogP contribution < -0.4 is 15.4 Å². The van der Waals surface area contributed by atoms with Crippen molar-refractivity contribution in [3.63, 3.8) is 0 Å². The van der Waals surface area contributed by atoms with E-state index in [-0.39, 0.29) is 41.8 Å². The van der Waals surface area contributed by atoms with Crippen molar-refractivity contribution in [2.75, 3.05) is 14.2 Å². The molecular formula is C48H51N8O7+. The maximum absolute atomic E-state index is 14.2. The summed E-state index contributed by atoms with van der Waals surface area (Å²) in [6.45, 7) is 8.26. The number of imidazole rings is 2. The summed E-state index contributed by atoms with van der Waals surface area (Å²) < 4.78 is 17.8. The average molecular weight is 852 g/mol. The minimum atomic E-state index is -0.946. The van der Waals surface area contributed by atoms with Crippen molar-refractivity contribution in [1.29, 1.82) is 0 Å². The van der Waals surface area contributed by atoms with Gasteiger partial charge >= 0.3 is 18.1 Å². The van der Waals surface area contributed by atoms with Gasteiger partial charge in [0.25, 0.3) is 0 Å². The summed E-state index contributed by atoms with van der Waals surface area (Å²) in [7, 11) is 2.57. The molecule has 2 aromatic heterocycles. The van der Waals surface area contributed by atoms with Crippen molar-refractivity contribution >= 4 is 52.0 Å². The van der Waals surface area contributed by atoms with Crippen molar-refractivity contribution in [3.05, 3.63) is 102 Å². The molecular weight excluding hydrogens is 801 g/mol. The molecule has 3 aliphatic rings. The Kier molecular flexibility index (Phi) is 10.9. The molecule has 63 heavy (non-hydrogen) atoms. The number of hydrogen-bond donors (Lipinski definition) is 4. The molecule has 4 aromatic carbocycles. The lowest BCUT2D eigenvalue weighted by molar-refractivity contribution is -0.486. The van der Waals surface area contributed by atoms with Crippen LogP contribution in [-0.2, 0) is 25.7 Å². The molecule has 4 amide bonds. The summed E-state index contributed by atoms with van der Waals surface area (Å²) in [5.74, 6) is 1.64. The summed E-state index contributed by atoms with van der Waals surface area (Å²) in [6.07, 6.45) is 4.62. The van der Waals surface area contributed by atoms with E-state index in [9.17, 15) is 19.2 Å². The molecule has 0 bridgehead atoms. The standard InChI is InChI=1S/C48H50N8O7/c1-25(2)40(53-47(59)61-5)46(58)56-27(4)12-17-37(56)43-49-22-36(51-43)30-13-15-32-31(19-30)24-63-39-21-33-29(20-34(32)39)14-16-35-42(33)52-44(50-35)38-18-26(3)23-55(38)45(57)41(54-48(60)62-6)28-10-8-7-9-11-28/h7-11,13-16,19-23,25-27,37-38,40-41H,12,17-18,24H2,1-6H3,(H3-,49,50,51,52,53,54,59,60)/p+1/t26-,27-,37-,38-,40-,41+/m0/s1. The van der Waals surface area contributed by atoms with E-state index in [2.05, 4.69) is 57.9 Å². The number of nitrogens with one attached hydrogen (secondary N) is 4. The molecule has 9 rings (SSSR count). The fourth-order valence-electron chi connectivity index (χ4n) is 9.40. The molecule has 4 N–H and O–H groups in total. The third-order valence-electron chi connectivity index (χ3n) is 12.6. The van der Waals surface area contributed by atoms with Gasteiger partial charge in [0.15, 0.2) is 18.1 Å². The first kappa shape index (κ1) is 41.3. The number of methoxy groups -OCH3 is 2. The molecule has 324 valence electrons. The highest BCUT2D eigenvalue weighted by atomic mass is 16.5. The normalized spacial score (nSPS) is 20.1. The minimum absolute atomic E-state index is 0.0211. The monoisotopic (exact) mass is 851 g/mol. The molecule has 15 nitrogen and oxygen atoms in total. The first-order valence-corrected chi connectivity index (χ1v) is 21.4. The molecule has 3 aliphatic heterocycles. The molecule has 0 aliphatic carbocycles. The number of alkyl carbamates (subject to hydrolysis) is 2. The van der Waals surface area contributed by atoms with Crippen LogP contribution in [0.3, 0.4) is 0 Å². The number of carbonyl (C=O) groups is 4. The zero-order chi connectivity index (χ0) is 44.1. The number of fused-ring (bicyclic) bond motifs is 6. The predicted molar refractivity (Wildman–Crippen MR) is 236 cm³/mol. The van der Waals surface area contributed by atoms with Gasteiger partial charge in [0.05, 0.1) is 43.2 Å². The lowest BCUT2D eigenvalue weighted by Crippen LogP contribution is -2.52. The van der Waals surface area contributed by atoms with E-state index in [1.807, 2.05) is 80.5 Å². The number of aromatic nitrogens is 4. The van der Waals surface area contributed by atoms with Crippen molar-refractivity contribution in [1.82, 2.24) is 35.5 Å². The Morgan fingerprint density at radius 2 is 1.67 bits per heavy atom. The van der Waals surface area contributed by atoms with E-state index in [1.54, 1.807) is 4.58 Å². The van der Waals surface area contributed by atoms with Crippen molar-refractivity contribution in [3.8, 4) is 28.1 Å². The van der Waals surface area contributed by atoms with Gasteiger partial charge in [-0.15, -0.1) is 0 Å². The second-order valence-corrected chi connectivity index (χ2v) is 17.1. The quantitative estimate of drug-likeness (QED) is 0.105. The molecule has 0 unspecified atom stereocenters. The highest BCUT2D eigenvalue weighted by molar-refractivity contribution is 6.07. The van der Waals surface area contributed by atoms with Gasteiger partial charge in [-0.2, -0.15) is 4.58 Å². The van der Waals surface area contributed by atoms with Gasteiger partial charge in [0.1, 0.15) is 24.2 Å². The third kappa shape index (κ3) is 7.65. The molecule has 0 saturated carbocycles. The maximum Gasteiger partial charge on any atom is 0.414 e.